The Morgan fingerprint density at radius 2 is 2.06 bits per heavy atom. The molecule has 2 heteroatoms. The molecule has 0 aromatic carbocycles. The van der Waals surface area contributed by atoms with Crippen LogP contribution in [0.5, 0.6) is 0 Å². The predicted octanol–water partition coefficient (Wildman–Crippen LogP) is 2.91. The molecule has 0 bridgehead atoms. The van der Waals surface area contributed by atoms with Crippen LogP contribution >= 0.6 is 0 Å². The van der Waals surface area contributed by atoms with Crippen molar-refractivity contribution in [3.05, 3.63) is 0 Å². The molecule has 3 unspecified atom stereocenters. The molecule has 0 heterocycles. The Kier molecular flexibility index (Phi) is 6.37. The molecule has 1 N–H and O–H groups in total. The molecular weight excluding hydrogens is 198 g/mol. The van der Waals surface area contributed by atoms with E-state index in [0.717, 1.165) is 18.9 Å². The van der Waals surface area contributed by atoms with Crippen molar-refractivity contribution in [2.75, 3.05) is 19.6 Å². The molecule has 0 radical (unpaired) electrons. The van der Waals surface area contributed by atoms with Gasteiger partial charge in [-0.3, -0.25) is 0 Å². The highest BCUT2D eigenvalue weighted by Crippen LogP contribution is 2.28. The van der Waals surface area contributed by atoms with Gasteiger partial charge in [0.25, 0.3) is 0 Å². The van der Waals surface area contributed by atoms with Gasteiger partial charge in [-0.25, -0.2) is 0 Å². The summed E-state index contributed by atoms with van der Waals surface area (Å²) in [7, 11) is 0. The maximum atomic E-state index is 9.78. The highest BCUT2D eigenvalue weighted by Gasteiger charge is 2.25. The van der Waals surface area contributed by atoms with Gasteiger partial charge in [-0.1, -0.05) is 33.6 Å². The maximum Gasteiger partial charge on any atom is 0.0568 e. The topological polar surface area (TPSA) is 23.5 Å². The van der Waals surface area contributed by atoms with E-state index in [1.165, 1.54) is 38.8 Å². The Labute approximate surface area is 101 Å². The van der Waals surface area contributed by atoms with Crippen LogP contribution in [0.15, 0.2) is 0 Å². The minimum atomic E-state index is -0.0118. The minimum Gasteiger partial charge on any atom is -0.393 e. The Morgan fingerprint density at radius 3 is 2.56 bits per heavy atom. The number of nitrogens with zero attached hydrogens (tertiary/aromatic N) is 1. The third-order valence-electron chi connectivity index (χ3n) is 4.15. The summed E-state index contributed by atoms with van der Waals surface area (Å²) in [6.45, 7) is 10.4. The molecule has 96 valence electrons. The van der Waals surface area contributed by atoms with E-state index in [-0.39, 0.29) is 6.10 Å². The molecule has 1 rings (SSSR count). The first-order valence-electron chi connectivity index (χ1n) is 7.07. The second-order valence-corrected chi connectivity index (χ2v) is 5.45. The van der Waals surface area contributed by atoms with Gasteiger partial charge < -0.3 is 10.0 Å². The third-order valence-corrected chi connectivity index (χ3v) is 4.15. The average molecular weight is 227 g/mol. The molecule has 0 saturated heterocycles. The van der Waals surface area contributed by atoms with Gasteiger partial charge in [0.05, 0.1) is 6.10 Å². The molecule has 1 aliphatic rings. The van der Waals surface area contributed by atoms with Crippen molar-refractivity contribution in [1.29, 1.82) is 0 Å². The van der Waals surface area contributed by atoms with Crippen molar-refractivity contribution in [2.45, 2.75) is 59.0 Å². The summed E-state index contributed by atoms with van der Waals surface area (Å²) in [5.74, 6) is 1.37. The molecular formula is C14H29NO. The van der Waals surface area contributed by atoms with Crippen LogP contribution in [-0.4, -0.2) is 35.7 Å². The molecule has 16 heavy (non-hydrogen) atoms. The van der Waals surface area contributed by atoms with Gasteiger partial charge in [-0.05, 0) is 44.2 Å². The molecule has 0 aliphatic heterocycles. The predicted molar refractivity (Wildman–Crippen MR) is 69.5 cm³/mol. The van der Waals surface area contributed by atoms with Gasteiger partial charge in [0, 0.05) is 6.54 Å². The quantitative estimate of drug-likeness (QED) is 0.723. The molecule has 2 nitrogen and oxygen atoms in total. The number of hydrogen-bond donors (Lipinski definition) is 1. The molecule has 1 fully saturated rings. The summed E-state index contributed by atoms with van der Waals surface area (Å²) in [6, 6.07) is 0. The van der Waals surface area contributed by atoms with E-state index in [1.54, 1.807) is 0 Å². The Balaban J connectivity index is 2.22. The summed E-state index contributed by atoms with van der Waals surface area (Å²) in [5.41, 5.74) is 0. The summed E-state index contributed by atoms with van der Waals surface area (Å²) in [4.78, 5) is 2.54. The van der Waals surface area contributed by atoms with Gasteiger partial charge in [-0.2, -0.15) is 0 Å². The van der Waals surface area contributed by atoms with Crippen LogP contribution in [0, 0.1) is 11.8 Å². The first-order chi connectivity index (χ1) is 7.67. The van der Waals surface area contributed by atoms with E-state index in [2.05, 4.69) is 25.7 Å². The van der Waals surface area contributed by atoms with Crippen molar-refractivity contribution < 1.29 is 5.11 Å². The minimum absolute atomic E-state index is 0.0118. The Morgan fingerprint density at radius 1 is 1.31 bits per heavy atom. The van der Waals surface area contributed by atoms with E-state index < -0.39 is 0 Å². The zero-order valence-corrected chi connectivity index (χ0v) is 11.3. The fourth-order valence-corrected chi connectivity index (χ4v) is 2.65. The molecule has 3 atom stereocenters. The van der Waals surface area contributed by atoms with Crippen molar-refractivity contribution in [3.8, 4) is 0 Å². The zero-order valence-electron chi connectivity index (χ0n) is 11.3. The van der Waals surface area contributed by atoms with Crippen LogP contribution in [0.25, 0.3) is 0 Å². The van der Waals surface area contributed by atoms with Crippen molar-refractivity contribution >= 4 is 0 Å². The lowest BCUT2D eigenvalue weighted by Crippen LogP contribution is -2.31. The summed E-state index contributed by atoms with van der Waals surface area (Å²) < 4.78 is 0. The SMILES string of the molecule is CCC(C)CN(CC)CCC1CCCC1O. The summed E-state index contributed by atoms with van der Waals surface area (Å²) in [6.07, 6.45) is 5.93. The Bertz CT molecular complexity index is 184. The van der Waals surface area contributed by atoms with Gasteiger partial charge in [0.1, 0.15) is 0 Å². The second-order valence-electron chi connectivity index (χ2n) is 5.45. The molecule has 0 spiro atoms. The Hall–Kier alpha value is -0.0800. The highest BCUT2D eigenvalue weighted by atomic mass is 16.3. The summed E-state index contributed by atoms with van der Waals surface area (Å²) in [5, 5.41) is 9.78. The highest BCUT2D eigenvalue weighted by molar-refractivity contribution is 4.77. The van der Waals surface area contributed by atoms with Crippen molar-refractivity contribution in [1.82, 2.24) is 4.90 Å². The normalized spacial score (nSPS) is 27.6. The van der Waals surface area contributed by atoms with Crippen molar-refractivity contribution in [2.24, 2.45) is 11.8 Å². The molecule has 0 aromatic heterocycles. The lowest BCUT2D eigenvalue weighted by atomic mass is 10.0. The smallest absolute Gasteiger partial charge is 0.0568 e. The monoisotopic (exact) mass is 227 g/mol. The van der Waals surface area contributed by atoms with Crippen LogP contribution in [0.1, 0.15) is 52.9 Å². The number of aliphatic hydroxyl groups excluding tert-OH is 1. The van der Waals surface area contributed by atoms with Crippen LogP contribution in [0.4, 0.5) is 0 Å². The first kappa shape index (κ1) is 14.0. The largest absolute Gasteiger partial charge is 0.393 e. The van der Waals surface area contributed by atoms with Crippen LogP contribution < -0.4 is 0 Å². The van der Waals surface area contributed by atoms with Gasteiger partial charge in [0.15, 0.2) is 0 Å². The lowest BCUT2D eigenvalue weighted by molar-refractivity contribution is 0.116. The van der Waals surface area contributed by atoms with E-state index in [4.69, 9.17) is 0 Å². The van der Waals surface area contributed by atoms with Gasteiger partial charge in [-0.15, -0.1) is 0 Å². The standard InChI is InChI=1S/C14H29NO/c1-4-12(3)11-15(5-2)10-9-13-7-6-8-14(13)16/h12-14,16H,4-11H2,1-3H3. The van der Waals surface area contributed by atoms with Crippen LogP contribution in [0.2, 0.25) is 0 Å². The second kappa shape index (κ2) is 7.29. The lowest BCUT2D eigenvalue weighted by Gasteiger charge is -2.25. The van der Waals surface area contributed by atoms with Crippen LogP contribution in [-0.2, 0) is 0 Å². The number of rotatable bonds is 7. The summed E-state index contributed by atoms with van der Waals surface area (Å²) >= 11 is 0. The third kappa shape index (κ3) is 4.42. The average Bonchev–Trinajstić information content (AvgIpc) is 2.69. The fraction of sp³-hybridized carbons (Fsp3) is 1.00. The number of hydrogen-bond acceptors (Lipinski definition) is 2. The molecule has 0 amide bonds. The van der Waals surface area contributed by atoms with Gasteiger partial charge >= 0.3 is 0 Å². The van der Waals surface area contributed by atoms with Crippen molar-refractivity contribution in [3.63, 3.8) is 0 Å². The van der Waals surface area contributed by atoms with E-state index in [9.17, 15) is 5.11 Å². The van der Waals surface area contributed by atoms with E-state index in [1.807, 2.05) is 0 Å². The van der Waals surface area contributed by atoms with Crippen LogP contribution in [0.3, 0.4) is 0 Å². The molecule has 1 aliphatic carbocycles. The first-order valence-corrected chi connectivity index (χ1v) is 7.07. The molecule has 0 aromatic rings. The van der Waals surface area contributed by atoms with E-state index in [0.29, 0.717) is 5.92 Å². The molecule has 1 saturated carbocycles. The maximum absolute atomic E-state index is 9.78. The zero-order chi connectivity index (χ0) is 12.0. The van der Waals surface area contributed by atoms with Gasteiger partial charge in [0.2, 0.25) is 0 Å². The number of aliphatic hydroxyl groups is 1. The fourth-order valence-electron chi connectivity index (χ4n) is 2.65. The van der Waals surface area contributed by atoms with E-state index >= 15 is 0 Å².